The van der Waals surface area contributed by atoms with Gasteiger partial charge in [0.2, 0.25) is 0 Å². The fraction of sp³-hybridized carbons (Fsp3) is 0.727. The van der Waals surface area contributed by atoms with Crippen molar-refractivity contribution in [1.29, 1.82) is 5.26 Å². The van der Waals surface area contributed by atoms with Crippen LogP contribution in [-0.4, -0.2) is 40.4 Å². The van der Waals surface area contributed by atoms with Crippen LogP contribution in [0.2, 0.25) is 0 Å². The number of ether oxygens (including phenoxy) is 1. The predicted molar refractivity (Wildman–Crippen MR) is 61.2 cm³/mol. The summed E-state index contributed by atoms with van der Waals surface area (Å²) < 4.78 is 6.84. The van der Waals surface area contributed by atoms with Gasteiger partial charge in [-0.2, -0.15) is 5.26 Å². The second-order valence-corrected chi connectivity index (χ2v) is 3.71. The zero-order chi connectivity index (χ0) is 12.5. The van der Waals surface area contributed by atoms with Crippen molar-refractivity contribution in [2.75, 3.05) is 20.3 Å². The van der Waals surface area contributed by atoms with Crippen molar-refractivity contribution in [1.82, 2.24) is 15.0 Å². The highest BCUT2D eigenvalue weighted by Gasteiger charge is 2.11. The molecule has 1 rings (SSSR count). The number of aliphatic hydroxyl groups is 1. The van der Waals surface area contributed by atoms with Crippen molar-refractivity contribution in [3.05, 3.63) is 11.4 Å². The largest absolute Gasteiger partial charge is 0.396 e. The molecule has 1 aromatic rings. The number of methoxy groups -OCH3 is 1. The third-order valence-electron chi connectivity index (χ3n) is 2.49. The maximum Gasteiger partial charge on any atom is 0.100 e. The summed E-state index contributed by atoms with van der Waals surface area (Å²) in [6.45, 7) is 1.50. The van der Waals surface area contributed by atoms with E-state index in [1.165, 1.54) is 0 Å². The lowest BCUT2D eigenvalue weighted by Gasteiger charge is -2.06. The Morgan fingerprint density at radius 1 is 1.47 bits per heavy atom. The van der Waals surface area contributed by atoms with Crippen LogP contribution in [0.5, 0.6) is 0 Å². The molecule has 0 aliphatic carbocycles. The van der Waals surface area contributed by atoms with Crippen molar-refractivity contribution >= 4 is 0 Å². The molecule has 1 aromatic heterocycles. The van der Waals surface area contributed by atoms with E-state index < -0.39 is 0 Å². The molecule has 0 spiro atoms. The molecule has 6 heteroatoms. The van der Waals surface area contributed by atoms with Gasteiger partial charge in [-0.15, -0.1) is 5.10 Å². The standard InChI is InChI=1S/C11H18N4O2/c1-17-9-5-11-10(4-6-12)13-14-15(11)7-2-3-8-16/h16H,2-5,7-9H2,1H3. The monoisotopic (exact) mass is 238 g/mol. The van der Waals surface area contributed by atoms with Gasteiger partial charge >= 0.3 is 0 Å². The van der Waals surface area contributed by atoms with Gasteiger partial charge in [-0.05, 0) is 12.8 Å². The topological polar surface area (TPSA) is 84.0 Å². The summed E-state index contributed by atoms with van der Waals surface area (Å²) in [4.78, 5) is 0. The Kier molecular flexibility index (Phi) is 6.22. The highest BCUT2D eigenvalue weighted by molar-refractivity contribution is 5.14. The van der Waals surface area contributed by atoms with Crippen molar-refractivity contribution in [2.45, 2.75) is 32.2 Å². The van der Waals surface area contributed by atoms with Crippen LogP contribution in [0.1, 0.15) is 24.2 Å². The molecule has 94 valence electrons. The highest BCUT2D eigenvalue weighted by atomic mass is 16.5. The van der Waals surface area contributed by atoms with Gasteiger partial charge in [0.15, 0.2) is 0 Å². The summed E-state index contributed by atoms with van der Waals surface area (Å²) in [6.07, 6.45) is 2.59. The molecule has 0 saturated heterocycles. The van der Waals surface area contributed by atoms with Crippen LogP contribution in [-0.2, 0) is 24.1 Å². The first kappa shape index (κ1) is 13.6. The average molecular weight is 238 g/mol. The zero-order valence-corrected chi connectivity index (χ0v) is 10.1. The molecule has 0 aromatic carbocycles. The first-order chi connectivity index (χ1) is 8.33. The van der Waals surface area contributed by atoms with Crippen LogP contribution in [0.25, 0.3) is 0 Å². The third-order valence-corrected chi connectivity index (χ3v) is 2.49. The van der Waals surface area contributed by atoms with E-state index in [1.54, 1.807) is 11.8 Å². The molecular formula is C11H18N4O2. The van der Waals surface area contributed by atoms with Gasteiger partial charge in [0.05, 0.1) is 24.8 Å². The molecule has 0 bridgehead atoms. The van der Waals surface area contributed by atoms with E-state index in [1.807, 2.05) is 0 Å². The van der Waals surface area contributed by atoms with E-state index in [4.69, 9.17) is 15.1 Å². The molecule has 17 heavy (non-hydrogen) atoms. The minimum Gasteiger partial charge on any atom is -0.396 e. The van der Waals surface area contributed by atoms with Gasteiger partial charge in [-0.25, -0.2) is 4.68 Å². The Bertz CT molecular complexity index is 370. The van der Waals surface area contributed by atoms with Crippen LogP contribution in [0.4, 0.5) is 0 Å². The molecule has 0 saturated carbocycles. The van der Waals surface area contributed by atoms with E-state index in [0.29, 0.717) is 13.0 Å². The van der Waals surface area contributed by atoms with Gasteiger partial charge in [0.1, 0.15) is 5.69 Å². The normalized spacial score (nSPS) is 10.4. The lowest BCUT2D eigenvalue weighted by atomic mass is 10.2. The van der Waals surface area contributed by atoms with Crippen molar-refractivity contribution in [3.8, 4) is 6.07 Å². The highest BCUT2D eigenvalue weighted by Crippen LogP contribution is 2.08. The van der Waals surface area contributed by atoms with Gasteiger partial charge in [-0.3, -0.25) is 0 Å². The van der Waals surface area contributed by atoms with Crippen LogP contribution >= 0.6 is 0 Å². The fourth-order valence-electron chi connectivity index (χ4n) is 1.61. The molecule has 6 nitrogen and oxygen atoms in total. The molecular weight excluding hydrogens is 220 g/mol. The quantitative estimate of drug-likeness (QED) is 0.659. The molecule has 0 aliphatic heterocycles. The second-order valence-electron chi connectivity index (χ2n) is 3.71. The van der Waals surface area contributed by atoms with Gasteiger partial charge in [-0.1, -0.05) is 5.21 Å². The molecule has 1 heterocycles. The number of rotatable bonds is 8. The maximum absolute atomic E-state index is 8.74. The predicted octanol–water partition coefficient (Wildman–Crippen LogP) is 0.306. The number of hydrogen-bond donors (Lipinski definition) is 1. The smallest absolute Gasteiger partial charge is 0.100 e. The minimum atomic E-state index is 0.188. The van der Waals surface area contributed by atoms with Crippen molar-refractivity contribution < 1.29 is 9.84 Å². The fourth-order valence-corrected chi connectivity index (χ4v) is 1.61. The van der Waals surface area contributed by atoms with Gasteiger partial charge in [0.25, 0.3) is 0 Å². The van der Waals surface area contributed by atoms with E-state index in [9.17, 15) is 0 Å². The van der Waals surface area contributed by atoms with E-state index in [-0.39, 0.29) is 13.0 Å². The minimum absolute atomic E-state index is 0.188. The Morgan fingerprint density at radius 2 is 2.29 bits per heavy atom. The molecule has 0 unspecified atom stereocenters. The number of nitrogens with zero attached hydrogens (tertiary/aromatic N) is 4. The number of unbranched alkanes of at least 4 members (excludes halogenated alkanes) is 1. The first-order valence-electron chi connectivity index (χ1n) is 5.71. The summed E-state index contributed by atoms with van der Waals surface area (Å²) in [6, 6.07) is 2.08. The number of aryl methyl sites for hydroxylation is 1. The Balaban J connectivity index is 2.70. The lowest BCUT2D eigenvalue weighted by molar-refractivity contribution is 0.199. The van der Waals surface area contributed by atoms with Gasteiger partial charge < -0.3 is 9.84 Å². The number of aliphatic hydroxyl groups excluding tert-OH is 1. The summed E-state index contributed by atoms with van der Waals surface area (Å²) >= 11 is 0. The number of nitriles is 1. The van der Waals surface area contributed by atoms with Crippen LogP contribution in [0, 0.1) is 11.3 Å². The van der Waals surface area contributed by atoms with Crippen molar-refractivity contribution in [2.24, 2.45) is 0 Å². The van der Waals surface area contributed by atoms with E-state index in [2.05, 4.69) is 16.4 Å². The third kappa shape index (κ3) is 4.13. The van der Waals surface area contributed by atoms with Crippen molar-refractivity contribution in [3.63, 3.8) is 0 Å². The average Bonchev–Trinajstić information content (AvgIpc) is 2.70. The molecule has 1 N–H and O–H groups in total. The Hall–Kier alpha value is -1.45. The summed E-state index contributed by atoms with van der Waals surface area (Å²) in [7, 11) is 1.64. The SMILES string of the molecule is COCCc1c(CC#N)nnn1CCCCO. The molecule has 0 fully saturated rings. The Labute approximate surface area is 101 Å². The van der Waals surface area contributed by atoms with Gasteiger partial charge in [0, 0.05) is 26.7 Å². The molecule has 0 amide bonds. The summed E-state index contributed by atoms with van der Waals surface area (Å²) in [5, 5.41) is 25.5. The molecule has 0 radical (unpaired) electrons. The summed E-state index contributed by atoms with van der Waals surface area (Å²) in [5.74, 6) is 0. The maximum atomic E-state index is 8.74. The first-order valence-corrected chi connectivity index (χ1v) is 5.71. The zero-order valence-electron chi connectivity index (χ0n) is 10.1. The Morgan fingerprint density at radius 3 is 2.94 bits per heavy atom. The van der Waals surface area contributed by atoms with E-state index >= 15 is 0 Å². The summed E-state index contributed by atoms with van der Waals surface area (Å²) in [5.41, 5.74) is 1.69. The lowest BCUT2D eigenvalue weighted by Crippen LogP contribution is -2.09. The van der Waals surface area contributed by atoms with Crippen LogP contribution in [0.3, 0.4) is 0 Å². The number of hydrogen-bond acceptors (Lipinski definition) is 5. The number of aromatic nitrogens is 3. The van der Waals surface area contributed by atoms with Crippen LogP contribution < -0.4 is 0 Å². The van der Waals surface area contributed by atoms with E-state index in [0.717, 1.165) is 30.8 Å². The molecule has 0 aliphatic rings. The second kappa shape index (κ2) is 7.76. The molecule has 0 atom stereocenters. The van der Waals surface area contributed by atoms with Crippen LogP contribution in [0.15, 0.2) is 0 Å².